The Morgan fingerprint density at radius 3 is 2.62 bits per heavy atom. The van der Waals surface area contributed by atoms with Crippen LogP contribution in [0.25, 0.3) is 16.7 Å². The van der Waals surface area contributed by atoms with Crippen LogP contribution >= 0.6 is 23.2 Å². The van der Waals surface area contributed by atoms with Crippen LogP contribution in [-0.4, -0.2) is 29.7 Å². The number of aromatic nitrogens is 6. The minimum Gasteiger partial charge on any atom is -0.382 e. The molecule has 0 aliphatic heterocycles. The Kier molecular flexibility index (Phi) is 4.86. The minimum atomic E-state index is -0.711. The molecule has 1 saturated carbocycles. The van der Waals surface area contributed by atoms with Crippen molar-refractivity contribution in [3.63, 3.8) is 0 Å². The first-order valence-electron chi connectivity index (χ1n) is 9.60. The van der Waals surface area contributed by atoms with E-state index in [-0.39, 0.29) is 44.5 Å². The van der Waals surface area contributed by atoms with E-state index < -0.39 is 17.4 Å². The van der Waals surface area contributed by atoms with Gasteiger partial charge in [0.2, 0.25) is 5.95 Å². The van der Waals surface area contributed by atoms with Gasteiger partial charge in [0.25, 0.3) is 5.56 Å². The summed E-state index contributed by atoms with van der Waals surface area (Å²) in [5.41, 5.74) is 11.3. The van der Waals surface area contributed by atoms with Gasteiger partial charge in [-0.15, -0.1) is 0 Å². The van der Waals surface area contributed by atoms with Crippen LogP contribution < -0.4 is 22.3 Å². The molecule has 0 spiro atoms. The molecule has 1 aliphatic rings. The maximum atomic E-state index is 14.1. The zero-order chi connectivity index (χ0) is 22.6. The largest absolute Gasteiger partial charge is 0.382 e. The van der Waals surface area contributed by atoms with Crippen LogP contribution in [0.2, 0.25) is 10.0 Å². The zero-order valence-electron chi connectivity index (χ0n) is 16.3. The number of nitrogens with two attached hydrogens (primary N) is 2. The topological polar surface area (TPSA) is 153 Å². The Labute approximate surface area is 189 Å². The van der Waals surface area contributed by atoms with Crippen LogP contribution in [0.3, 0.4) is 0 Å². The monoisotopic (exact) mass is 475 g/mol. The van der Waals surface area contributed by atoms with Gasteiger partial charge < -0.3 is 16.8 Å². The Hall–Kier alpha value is -3.44. The summed E-state index contributed by atoms with van der Waals surface area (Å²) < 4.78 is 15.4. The molecule has 164 valence electrons. The molecule has 1 fully saturated rings. The summed E-state index contributed by atoms with van der Waals surface area (Å²) in [5.74, 6) is 0.301. The molecule has 3 heterocycles. The van der Waals surface area contributed by atoms with Gasteiger partial charge >= 0.3 is 0 Å². The molecule has 0 saturated heterocycles. The number of hydrogen-bond acceptors (Lipinski definition) is 8. The van der Waals surface area contributed by atoms with Crippen molar-refractivity contribution >= 4 is 51.7 Å². The number of nitrogens with one attached hydrogen (secondary N) is 2. The molecule has 13 heteroatoms. The first-order chi connectivity index (χ1) is 15.3. The van der Waals surface area contributed by atoms with Crippen molar-refractivity contribution in [1.29, 1.82) is 0 Å². The van der Waals surface area contributed by atoms with Crippen LogP contribution in [0.15, 0.2) is 29.2 Å². The number of nitrogen functional groups attached to an aromatic ring is 2. The Bertz CT molecular complexity index is 1400. The average Bonchev–Trinajstić information content (AvgIpc) is 3.46. The second kappa shape index (κ2) is 7.61. The maximum absolute atomic E-state index is 14.1. The van der Waals surface area contributed by atoms with Crippen LogP contribution in [0.1, 0.15) is 24.7 Å². The number of halogens is 3. The van der Waals surface area contributed by atoms with E-state index in [0.717, 1.165) is 12.8 Å². The summed E-state index contributed by atoms with van der Waals surface area (Å²) >= 11 is 12.4. The summed E-state index contributed by atoms with van der Waals surface area (Å²) in [4.78, 5) is 26.2. The van der Waals surface area contributed by atoms with E-state index in [2.05, 4.69) is 30.5 Å². The van der Waals surface area contributed by atoms with Gasteiger partial charge in [0.15, 0.2) is 5.82 Å². The van der Waals surface area contributed by atoms with Gasteiger partial charge in [-0.25, -0.2) is 13.9 Å². The summed E-state index contributed by atoms with van der Waals surface area (Å²) in [6.07, 6.45) is 3.25. The molecule has 6 N–H and O–H groups in total. The van der Waals surface area contributed by atoms with Crippen molar-refractivity contribution in [1.82, 2.24) is 29.7 Å². The molecule has 4 aromatic rings. The van der Waals surface area contributed by atoms with Gasteiger partial charge in [-0.1, -0.05) is 23.2 Å². The number of aromatic amines is 1. The number of H-pyrrole nitrogens is 1. The number of nitrogens with zero attached hydrogens (tertiary/aromatic N) is 5. The number of rotatable bonds is 5. The van der Waals surface area contributed by atoms with Crippen LogP contribution in [0, 0.1) is 11.7 Å². The lowest BCUT2D eigenvalue weighted by Gasteiger charge is -2.23. The fraction of sp³-hybridized carbons (Fsp3) is 0.211. The van der Waals surface area contributed by atoms with Gasteiger partial charge in [-0.2, -0.15) is 15.1 Å². The number of hydrogen-bond donors (Lipinski definition) is 4. The lowest BCUT2D eigenvalue weighted by molar-refractivity contribution is 0.604. The molecule has 1 aliphatic carbocycles. The average molecular weight is 476 g/mol. The first kappa shape index (κ1) is 20.5. The summed E-state index contributed by atoms with van der Waals surface area (Å²) in [6, 6.07) is 3.69. The van der Waals surface area contributed by atoms with Gasteiger partial charge in [-0.3, -0.25) is 9.89 Å². The number of fused-ring (bicyclic) bond motifs is 1. The summed E-state index contributed by atoms with van der Waals surface area (Å²) in [7, 11) is 0. The smallest absolute Gasteiger partial charge is 0.268 e. The summed E-state index contributed by atoms with van der Waals surface area (Å²) in [6.45, 7) is 0. The molecular formula is C19H16Cl2FN9O. The molecule has 0 amide bonds. The molecule has 32 heavy (non-hydrogen) atoms. The quantitative estimate of drug-likeness (QED) is 0.343. The van der Waals surface area contributed by atoms with Crippen molar-refractivity contribution in [2.45, 2.75) is 18.9 Å². The third kappa shape index (κ3) is 3.39. The third-order valence-electron chi connectivity index (χ3n) is 5.24. The normalized spacial score (nSPS) is 14.6. The van der Waals surface area contributed by atoms with E-state index in [0.29, 0.717) is 11.6 Å². The minimum absolute atomic E-state index is 0.0240. The highest BCUT2D eigenvalue weighted by Crippen LogP contribution is 2.43. The van der Waals surface area contributed by atoms with Crippen molar-refractivity contribution < 1.29 is 4.39 Å². The predicted octanol–water partition coefficient (Wildman–Crippen LogP) is 3.07. The molecule has 10 nitrogen and oxygen atoms in total. The van der Waals surface area contributed by atoms with E-state index in [1.807, 2.05) is 0 Å². The second-order valence-corrected chi connectivity index (χ2v) is 8.15. The van der Waals surface area contributed by atoms with Crippen LogP contribution in [0.5, 0.6) is 0 Å². The second-order valence-electron chi connectivity index (χ2n) is 7.40. The standard InChI is InChI=1S/C19H16Cl2FN9O/c20-12-8(22)3-4-9-11(12)18(32)31(10-5-6-25-30-10)17(26-9)14(7-1-2-7)27-16-13(21)15(23)28-19(24)29-16/h3-7,14H,1-2H2,(H,25,30)(H5,23,24,27,28,29)/t14-/m0/s1. The molecule has 0 bridgehead atoms. The molecule has 0 unspecified atom stereocenters. The van der Waals surface area contributed by atoms with E-state index in [4.69, 9.17) is 34.7 Å². The van der Waals surface area contributed by atoms with Crippen LogP contribution in [0.4, 0.5) is 22.0 Å². The lowest BCUT2D eigenvalue weighted by Crippen LogP contribution is -2.30. The lowest BCUT2D eigenvalue weighted by atomic mass is 10.1. The van der Waals surface area contributed by atoms with E-state index in [1.165, 1.54) is 22.9 Å². The molecule has 0 radical (unpaired) electrons. The Balaban J connectivity index is 1.75. The zero-order valence-corrected chi connectivity index (χ0v) is 17.8. The fourth-order valence-corrected chi connectivity index (χ4v) is 3.97. The highest BCUT2D eigenvalue weighted by molar-refractivity contribution is 6.35. The number of anilines is 3. The molecular weight excluding hydrogens is 460 g/mol. The van der Waals surface area contributed by atoms with Crippen molar-refractivity contribution in [3.05, 3.63) is 56.4 Å². The van der Waals surface area contributed by atoms with E-state index in [9.17, 15) is 9.18 Å². The van der Waals surface area contributed by atoms with Crippen molar-refractivity contribution in [2.75, 3.05) is 16.8 Å². The van der Waals surface area contributed by atoms with Crippen LogP contribution in [-0.2, 0) is 0 Å². The fourth-order valence-electron chi connectivity index (χ4n) is 3.59. The predicted molar refractivity (Wildman–Crippen MR) is 119 cm³/mol. The van der Waals surface area contributed by atoms with Gasteiger partial charge in [-0.05, 0) is 30.9 Å². The first-order valence-corrected chi connectivity index (χ1v) is 10.4. The number of benzene rings is 1. The third-order valence-corrected chi connectivity index (χ3v) is 5.98. The van der Waals surface area contributed by atoms with Gasteiger partial charge in [0, 0.05) is 6.07 Å². The molecule has 1 aromatic carbocycles. The van der Waals surface area contributed by atoms with Crippen molar-refractivity contribution in [3.8, 4) is 5.82 Å². The maximum Gasteiger partial charge on any atom is 0.268 e. The highest BCUT2D eigenvalue weighted by Gasteiger charge is 2.37. The highest BCUT2D eigenvalue weighted by atomic mass is 35.5. The van der Waals surface area contributed by atoms with E-state index in [1.54, 1.807) is 6.07 Å². The summed E-state index contributed by atoms with van der Waals surface area (Å²) in [5, 5.41) is 9.68. The molecule has 1 atom stereocenters. The van der Waals surface area contributed by atoms with Gasteiger partial charge in [0.05, 0.1) is 28.2 Å². The SMILES string of the molecule is Nc1nc(N)c(Cl)c(N[C@H](c2nc3ccc(F)c(Cl)c3c(=O)n2-c2ccn[nH]2)C2CC2)n1. The molecule has 5 rings (SSSR count). The van der Waals surface area contributed by atoms with E-state index >= 15 is 0 Å². The van der Waals surface area contributed by atoms with Crippen molar-refractivity contribution in [2.24, 2.45) is 5.92 Å². The Morgan fingerprint density at radius 1 is 1.16 bits per heavy atom. The Morgan fingerprint density at radius 2 is 1.94 bits per heavy atom. The molecule has 3 aromatic heterocycles. The van der Waals surface area contributed by atoms with Gasteiger partial charge in [0.1, 0.15) is 28.3 Å².